The van der Waals surface area contributed by atoms with Crippen LogP contribution in [0.15, 0.2) is 28.0 Å². The van der Waals surface area contributed by atoms with Crippen LogP contribution >= 0.6 is 11.3 Å². The molecule has 3 heterocycles. The maximum Gasteiger partial charge on any atom is 0.287 e. The molecule has 5 nitrogen and oxygen atoms in total. The molecule has 22 heavy (non-hydrogen) atoms. The van der Waals surface area contributed by atoms with Crippen molar-refractivity contribution in [3.63, 3.8) is 0 Å². The molecule has 1 unspecified atom stereocenters. The molecular formula is C16H17N3O2S. The fraction of sp³-hybridized carbons (Fsp3) is 0.312. The molecule has 0 radical (unpaired) electrons. The van der Waals surface area contributed by atoms with Crippen LogP contribution in [0.5, 0.6) is 0 Å². The minimum absolute atomic E-state index is 0.160. The van der Waals surface area contributed by atoms with Gasteiger partial charge in [0.1, 0.15) is 5.52 Å². The molecule has 0 spiro atoms. The summed E-state index contributed by atoms with van der Waals surface area (Å²) in [6, 6.07) is 5.19. The molecule has 1 amide bonds. The predicted octanol–water partition coefficient (Wildman–Crippen LogP) is 3.65. The molecule has 0 aliphatic carbocycles. The van der Waals surface area contributed by atoms with E-state index in [-0.39, 0.29) is 17.7 Å². The van der Waals surface area contributed by atoms with Gasteiger partial charge < -0.3 is 9.73 Å². The lowest BCUT2D eigenvalue weighted by Gasteiger charge is -2.09. The molecule has 0 aromatic carbocycles. The molecule has 0 fully saturated rings. The fourth-order valence-electron chi connectivity index (χ4n) is 2.17. The van der Waals surface area contributed by atoms with Gasteiger partial charge in [0, 0.05) is 17.1 Å². The number of furan rings is 1. The highest BCUT2D eigenvalue weighted by molar-refractivity contribution is 7.09. The van der Waals surface area contributed by atoms with Crippen molar-refractivity contribution in [2.75, 3.05) is 0 Å². The van der Waals surface area contributed by atoms with Crippen LogP contribution in [0.3, 0.4) is 0 Å². The van der Waals surface area contributed by atoms with Crippen molar-refractivity contribution in [2.45, 2.75) is 33.2 Å². The summed E-state index contributed by atoms with van der Waals surface area (Å²) < 4.78 is 5.56. The van der Waals surface area contributed by atoms with E-state index >= 15 is 0 Å². The van der Waals surface area contributed by atoms with Crippen LogP contribution in [-0.4, -0.2) is 15.9 Å². The lowest BCUT2D eigenvalue weighted by atomic mass is 10.2. The third-order valence-corrected chi connectivity index (χ3v) is 4.41. The molecule has 3 aromatic rings. The topological polar surface area (TPSA) is 68.0 Å². The van der Waals surface area contributed by atoms with Gasteiger partial charge in [-0.05, 0) is 32.4 Å². The number of rotatable bonds is 4. The Balaban J connectivity index is 1.77. The lowest BCUT2D eigenvalue weighted by molar-refractivity contribution is 0.0913. The van der Waals surface area contributed by atoms with E-state index in [0.717, 1.165) is 22.8 Å². The number of pyridine rings is 1. The minimum Gasteiger partial charge on any atom is -0.449 e. The number of fused-ring (bicyclic) bond motifs is 1. The largest absolute Gasteiger partial charge is 0.449 e. The Morgan fingerprint density at radius 1 is 1.41 bits per heavy atom. The third-order valence-electron chi connectivity index (χ3n) is 3.40. The molecule has 114 valence electrons. The normalized spacial score (nSPS) is 12.5. The van der Waals surface area contributed by atoms with Gasteiger partial charge in [-0.1, -0.05) is 6.92 Å². The zero-order valence-corrected chi connectivity index (χ0v) is 13.5. The Labute approximate surface area is 132 Å². The standard InChI is InChI=1S/C16H17N3O2S/c1-4-15-19-12(8-22-15)10(3)18-16(20)14-7-11-13(21-14)6-5-9(2)17-11/h5-8,10H,4H2,1-3H3,(H,18,20). The number of carbonyl (C=O) groups excluding carboxylic acids is 1. The second-order valence-electron chi connectivity index (χ2n) is 5.16. The van der Waals surface area contributed by atoms with Crippen LogP contribution in [0.4, 0.5) is 0 Å². The van der Waals surface area contributed by atoms with E-state index < -0.39 is 0 Å². The van der Waals surface area contributed by atoms with Gasteiger partial charge in [0.05, 0.1) is 16.7 Å². The molecule has 0 saturated carbocycles. The van der Waals surface area contributed by atoms with Crippen molar-refractivity contribution in [3.8, 4) is 0 Å². The van der Waals surface area contributed by atoms with Crippen LogP contribution < -0.4 is 5.32 Å². The van der Waals surface area contributed by atoms with Crippen molar-refractivity contribution >= 4 is 28.3 Å². The van der Waals surface area contributed by atoms with Crippen LogP contribution in [0, 0.1) is 6.92 Å². The quantitative estimate of drug-likeness (QED) is 0.798. The maximum atomic E-state index is 12.3. The van der Waals surface area contributed by atoms with E-state index in [0.29, 0.717) is 11.1 Å². The van der Waals surface area contributed by atoms with Crippen molar-refractivity contribution in [1.29, 1.82) is 0 Å². The summed E-state index contributed by atoms with van der Waals surface area (Å²) in [5.41, 5.74) is 3.08. The summed E-state index contributed by atoms with van der Waals surface area (Å²) >= 11 is 1.61. The molecule has 6 heteroatoms. The number of nitrogens with one attached hydrogen (secondary N) is 1. The fourth-order valence-corrected chi connectivity index (χ4v) is 3.00. The van der Waals surface area contributed by atoms with Crippen LogP contribution in [-0.2, 0) is 6.42 Å². The van der Waals surface area contributed by atoms with E-state index in [2.05, 4.69) is 22.2 Å². The van der Waals surface area contributed by atoms with Crippen LogP contribution in [0.1, 0.15) is 46.8 Å². The second-order valence-corrected chi connectivity index (χ2v) is 6.10. The van der Waals surface area contributed by atoms with Crippen molar-refractivity contribution in [2.24, 2.45) is 0 Å². The molecule has 0 aliphatic rings. The number of aromatic nitrogens is 2. The Hall–Kier alpha value is -2.21. The number of hydrogen-bond donors (Lipinski definition) is 1. The number of thiazole rings is 1. The van der Waals surface area contributed by atoms with Gasteiger partial charge in [-0.15, -0.1) is 11.3 Å². The van der Waals surface area contributed by atoms with Gasteiger partial charge in [0.15, 0.2) is 11.3 Å². The summed E-state index contributed by atoms with van der Waals surface area (Å²) in [6.45, 7) is 5.88. The first-order chi connectivity index (χ1) is 10.6. The predicted molar refractivity (Wildman–Crippen MR) is 86.1 cm³/mol. The lowest BCUT2D eigenvalue weighted by Crippen LogP contribution is -2.26. The molecule has 0 bridgehead atoms. The van der Waals surface area contributed by atoms with Gasteiger partial charge >= 0.3 is 0 Å². The Bertz CT molecular complexity index is 822. The van der Waals surface area contributed by atoms with E-state index in [1.807, 2.05) is 31.4 Å². The zero-order valence-electron chi connectivity index (χ0n) is 12.7. The Kier molecular flexibility index (Phi) is 3.94. The zero-order chi connectivity index (χ0) is 15.7. The molecule has 0 aliphatic heterocycles. The van der Waals surface area contributed by atoms with E-state index in [1.54, 1.807) is 17.4 Å². The summed E-state index contributed by atoms with van der Waals surface area (Å²) in [5.74, 6) is 0.0140. The summed E-state index contributed by atoms with van der Waals surface area (Å²) in [7, 11) is 0. The van der Waals surface area contributed by atoms with E-state index in [4.69, 9.17) is 4.42 Å². The second kappa shape index (κ2) is 5.88. The van der Waals surface area contributed by atoms with Crippen molar-refractivity contribution in [1.82, 2.24) is 15.3 Å². The smallest absolute Gasteiger partial charge is 0.287 e. The van der Waals surface area contributed by atoms with Gasteiger partial charge in [0.2, 0.25) is 0 Å². The molecular weight excluding hydrogens is 298 g/mol. The number of aryl methyl sites for hydroxylation is 2. The number of nitrogens with zero attached hydrogens (tertiary/aromatic N) is 2. The SMILES string of the molecule is CCc1nc(C(C)NC(=O)c2cc3nc(C)ccc3o2)cs1. The molecule has 1 N–H and O–H groups in total. The highest BCUT2D eigenvalue weighted by Crippen LogP contribution is 2.20. The first-order valence-electron chi connectivity index (χ1n) is 7.19. The highest BCUT2D eigenvalue weighted by atomic mass is 32.1. The third kappa shape index (κ3) is 2.87. The van der Waals surface area contributed by atoms with Gasteiger partial charge in [-0.2, -0.15) is 0 Å². The monoisotopic (exact) mass is 315 g/mol. The molecule has 0 saturated heterocycles. The van der Waals surface area contributed by atoms with E-state index in [1.165, 1.54) is 0 Å². The molecule has 3 rings (SSSR count). The van der Waals surface area contributed by atoms with Crippen LogP contribution in [0.2, 0.25) is 0 Å². The summed E-state index contributed by atoms with van der Waals surface area (Å²) in [5, 5.41) is 5.96. The van der Waals surface area contributed by atoms with Gasteiger partial charge in [0.25, 0.3) is 5.91 Å². The summed E-state index contributed by atoms with van der Waals surface area (Å²) in [6.07, 6.45) is 0.903. The average Bonchev–Trinajstić information content (AvgIpc) is 3.13. The van der Waals surface area contributed by atoms with Crippen molar-refractivity contribution < 1.29 is 9.21 Å². The minimum atomic E-state index is -0.255. The number of amides is 1. The Morgan fingerprint density at radius 3 is 2.95 bits per heavy atom. The van der Waals surface area contributed by atoms with Crippen LogP contribution in [0.25, 0.3) is 11.1 Å². The highest BCUT2D eigenvalue weighted by Gasteiger charge is 2.17. The first kappa shape index (κ1) is 14.7. The van der Waals surface area contributed by atoms with E-state index in [9.17, 15) is 4.79 Å². The number of hydrogen-bond acceptors (Lipinski definition) is 5. The average molecular weight is 315 g/mol. The first-order valence-corrected chi connectivity index (χ1v) is 8.07. The molecule has 1 atom stereocenters. The Morgan fingerprint density at radius 2 is 2.23 bits per heavy atom. The summed E-state index contributed by atoms with van der Waals surface area (Å²) in [4.78, 5) is 21.1. The van der Waals surface area contributed by atoms with Gasteiger partial charge in [-0.25, -0.2) is 9.97 Å². The van der Waals surface area contributed by atoms with Crippen molar-refractivity contribution in [3.05, 3.63) is 45.7 Å². The van der Waals surface area contributed by atoms with Gasteiger partial charge in [-0.3, -0.25) is 4.79 Å². The number of carbonyl (C=O) groups is 1. The molecule has 3 aromatic heterocycles. The maximum absolute atomic E-state index is 12.3.